The minimum absolute atomic E-state index is 0.0957. The quantitative estimate of drug-likeness (QED) is 0.718. The Morgan fingerprint density at radius 3 is 2.93 bits per heavy atom. The molecule has 0 aliphatic carbocycles. The first-order valence-corrected chi connectivity index (χ1v) is 9.96. The van der Waals surface area contributed by atoms with Crippen molar-refractivity contribution in [1.29, 1.82) is 0 Å². The number of benzene rings is 2. The van der Waals surface area contributed by atoms with Crippen LogP contribution in [0.5, 0.6) is 5.75 Å². The number of fused-ring (bicyclic) bond motifs is 1. The van der Waals surface area contributed by atoms with E-state index in [2.05, 4.69) is 34.5 Å². The Bertz CT molecular complexity index is 794. The molecule has 4 nitrogen and oxygen atoms in total. The highest BCUT2D eigenvalue weighted by Crippen LogP contribution is 2.26. The van der Waals surface area contributed by atoms with Crippen molar-refractivity contribution >= 4 is 23.2 Å². The van der Waals surface area contributed by atoms with Gasteiger partial charge >= 0.3 is 0 Å². The Hall–Kier alpha value is -2.20. The van der Waals surface area contributed by atoms with Gasteiger partial charge in [0.05, 0.1) is 0 Å². The Morgan fingerprint density at radius 1 is 1.30 bits per heavy atom. The van der Waals surface area contributed by atoms with Crippen LogP contribution in [0.3, 0.4) is 0 Å². The van der Waals surface area contributed by atoms with E-state index in [1.165, 1.54) is 17.7 Å². The van der Waals surface area contributed by atoms with Gasteiger partial charge in [0.1, 0.15) is 5.75 Å². The molecule has 0 spiro atoms. The molecule has 1 aliphatic heterocycles. The van der Waals surface area contributed by atoms with Crippen LogP contribution >= 0.6 is 11.6 Å². The Labute approximate surface area is 166 Å². The SMILES string of the molecule is Cc1cc(O[C@@H](C)C(=O)NCCCN2CCCc3ccccc32)ccc1Cl. The number of halogens is 1. The van der Waals surface area contributed by atoms with Gasteiger partial charge in [0.25, 0.3) is 5.91 Å². The summed E-state index contributed by atoms with van der Waals surface area (Å²) < 4.78 is 5.72. The number of anilines is 1. The van der Waals surface area contributed by atoms with Crippen LogP contribution in [-0.2, 0) is 11.2 Å². The van der Waals surface area contributed by atoms with Gasteiger partial charge in [-0.05, 0) is 68.5 Å². The van der Waals surface area contributed by atoms with E-state index in [-0.39, 0.29) is 5.91 Å². The zero-order valence-corrected chi connectivity index (χ0v) is 16.8. The van der Waals surface area contributed by atoms with Gasteiger partial charge in [-0.1, -0.05) is 29.8 Å². The molecule has 0 radical (unpaired) electrons. The molecule has 3 rings (SSSR count). The van der Waals surface area contributed by atoms with Gasteiger partial charge in [0, 0.05) is 30.3 Å². The summed E-state index contributed by atoms with van der Waals surface area (Å²) in [7, 11) is 0. The van der Waals surface area contributed by atoms with Crippen molar-refractivity contribution in [1.82, 2.24) is 5.32 Å². The van der Waals surface area contributed by atoms with Gasteiger partial charge in [0.15, 0.2) is 6.10 Å². The minimum Gasteiger partial charge on any atom is -0.481 e. The summed E-state index contributed by atoms with van der Waals surface area (Å²) in [6.07, 6.45) is 2.71. The number of carbonyl (C=O) groups excluding carboxylic acids is 1. The smallest absolute Gasteiger partial charge is 0.260 e. The van der Waals surface area contributed by atoms with Gasteiger partial charge in [0.2, 0.25) is 0 Å². The van der Waals surface area contributed by atoms with Crippen LogP contribution in [0.15, 0.2) is 42.5 Å². The van der Waals surface area contributed by atoms with Gasteiger partial charge < -0.3 is 15.0 Å². The molecule has 1 atom stereocenters. The maximum absolute atomic E-state index is 12.3. The van der Waals surface area contributed by atoms with Crippen LogP contribution in [0.1, 0.15) is 30.9 Å². The molecule has 0 saturated carbocycles. The molecule has 2 aromatic rings. The fraction of sp³-hybridized carbons (Fsp3) is 0.409. The summed E-state index contributed by atoms with van der Waals surface area (Å²) >= 11 is 6.02. The lowest BCUT2D eigenvalue weighted by molar-refractivity contribution is -0.127. The third-order valence-corrected chi connectivity index (χ3v) is 5.35. The van der Waals surface area contributed by atoms with Crippen LogP contribution < -0.4 is 15.0 Å². The van der Waals surface area contributed by atoms with Crippen LogP contribution in [0.25, 0.3) is 0 Å². The van der Waals surface area contributed by atoms with Gasteiger partial charge in [-0.3, -0.25) is 4.79 Å². The lowest BCUT2D eigenvalue weighted by atomic mass is 10.0. The van der Waals surface area contributed by atoms with Crippen molar-refractivity contribution in [3.05, 3.63) is 58.6 Å². The van der Waals surface area contributed by atoms with Crippen LogP contribution in [0.2, 0.25) is 5.02 Å². The van der Waals surface area contributed by atoms with Crippen molar-refractivity contribution in [2.24, 2.45) is 0 Å². The van der Waals surface area contributed by atoms with Crippen LogP contribution in [0.4, 0.5) is 5.69 Å². The highest BCUT2D eigenvalue weighted by molar-refractivity contribution is 6.31. The standard InChI is InChI=1S/C22H27ClN2O2/c1-16-15-19(10-11-20(16)23)27-17(2)22(26)24-12-6-14-25-13-5-8-18-7-3-4-9-21(18)25/h3-4,7,9-11,15,17H,5-6,8,12-14H2,1-2H3,(H,24,26)/t17-/m0/s1. The minimum atomic E-state index is -0.540. The molecule has 0 unspecified atom stereocenters. The number of amides is 1. The lowest BCUT2D eigenvalue weighted by Crippen LogP contribution is -2.38. The molecule has 0 saturated heterocycles. The Morgan fingerprint density at radius 2 is 2.11 bits per heavy atom. The van der Waals surface area contributed by atoms with Crippen LogP contribution in [0, 0.1) is 6.92 Å². The zero-order chi connectivity index (χ0) is 19.2. The fourth-order valence-corrected chi connectivity index (χ4v) is 3.53. The molecule has 1 amide bonds. The van der Waals surface area contributed by atoms with Crippen molar-refractivity contribution in [3.8, 4) is 5.75 Å². The number of rotatable bonds is 7. The number of aryl methyl sites for hydroxylation is 2. The topological polar surface area (TPSA) is 41.6 Å². The number of ether oxygens (including phenoxy) is 1. The van der Waals surface area contributed by atoms with E-state index in [1.54, 1.807) is 19.1 Å². The number of para-hydroxylation sites is 1. The molecule has 5 heteroatoms. The van der Waals surface area contributed by atoms with Crippen molar-refractivity contribution in [3.63, 3.8) is 0 Å². The van der Waals surface area contributed by atoms with Crippen LogP contribution in [-0.4, -0.2) is 31.6 Å². The molecule has 1 aliphatic rings. The first kappa shape index (κ1) is 19.6. The molecule has 2 aromatic carbocycles. The molecule has 144 valence electrons. The summed E-state index contributed by atoms with van der Waals surface area (Å²) in [6, 6.07) is 14.0. The Balaban J connectivity index is 1.42. The highest BCUT2D eigenvalue weighted by atomic mass is 35.5. The van der Waals surface area contributed by atoms with Crippen molar-refractivity contribution in [2.45, 2.75) is 39.2 Å². The molecule has 0 bridgehead atoms. The van der Waals surface area contributed by atoms with E-state index in [4.69, 9.17) is 16.3 Å². The molecule has 1 N–H and O–H groups in total. The second-order valence-corrected chi connectivity index (χ2v) is 7.44. The second kappa shape index (κ2) is 9.14. The summed E-state index contributed by atoms with van der Waals surface area (Å²) in [5, 5.41) is 3.67. The third kappa shape index (κ3) is 5.16. The number of hydrogen-bond acceptors (Lipinski definition) is 3. The molecular formula is C22H27ClN2O2. The number of carbonyl (C=O) groups is 1. The lowest BCUT2D eigenvalue weighted by Gasteiger charge is -2.31. The summed E-state index contributed by atoms with van der Waals surface area (Å²) in [4.78, 5) is 14.7. The fourth-order valence-electron chi connectivity index (χ4n) is 3.42. The normalized spacial score (nSPS) is 14.4. The second-order valence-electron chi connectivity index (χ2n) is 7.03. The Kier molecular flexibility index (Phi) is 6.62. The van der Waals surface area contributed by atoms with E-state index in [0.717, 1.165) is 31.5 Å². The van der Waals surface area contributed by atoms with E-state index in [1.807, 2.05) is 13.0 Å². The predicted octanol–water partition coefficient (Wildman–Crippen LogP) is 4.37. The molecule has 1 heterocycles. The third-order valence-electron chi connectivity index (χ3n) is 4.92. The molecule has 27 heavy (non-hydrogen) atoms. The van der Waals surface area contributed by atoms with Gasteiger partial charge in [-0.25, -0.2) is 0 Å². The van der Waals surface area contributed by atoms with E-state index in [9.17, 15) is 4.79 Å². The average molecular weight is 387 g/mol. The largest absolute Gasteiger partial charge is 0.481 e. The zero-order valence-electron chi connectivity index (χ0n) is 16.0. The first-order chi connectivity index (χ1) is 13.0. The molecule has 0 fully saturated rings. The van der Waals surface area contributed by atoms with E-state index >= 15 is 0 Å². The number of nitrogens with one attached hydrogen (secondary N) is 1. The van der Waals surface area contributed by atoms with Crippen molar-refractivity contribution < 1.29 is 9.53 Å². The molecular weight excluding hydrogens is 360 g/mol. The predicted molar refractivity (Wildman–Crippen MR) is 111 cm³/mol. The summed E-state index contributed by atoms with van der Waals surface area (Å²) in [6.45, 7) is 6.35. The number of hydrogen-bond donors (Lipinski definition) is 1. The number of nitrogens with zero attached hydrogens (tertiary/aromatic N) is 1. The summed E-state index contributed by atoms with van der Waals surface area (Å²) in [5.74, 6) is 0.561. The van der Waals surface area contributed by atoms with E-state index < -0.39 is 6.10 Å². The first-order valence-electron chi connectivity index (χ1n) is 9.58. The monoisotopic (exact) mass is 386 g/mol. The molecule has 0 aromatic heterocycles. The van der Waals surface area contributed by atoms with Gasteiger partial charge in [-0.15, -0.1) is 0 Å². The summed E-state index contributed by atoms with van der Waals surface area (Å²) in [5.41, 5.74) is 3.70. The van der Waals surface area contributed by atoms with Gasteiger partial charge in [-0.2, -0.15) is 0 Å². The van der Waals surface area contributed by atoms with Crippen molar-refractivity contribution in [2.75, 3.05) is 24.5 Å². The maximum atomic E-state index is 12.3. The maximum Gasteiger partial charge on any atom is 0.260 e. The highest BCUT2D eigenvalue weighted by Gasteiger charge is 2.17. The average Bonchev–Trinajstić information content (AvgIpc) is 2.68. The van der Waals surface area contributed by atoms with E-state index in [0.29, 0.717) is 17.3 Å².